The first kappa shape index (κ1) is 21.3. The van der Waals surface area contributed by atoms with E-state index >= 15 is 0 Å². The minimum absolute atomic E-state index is 0.0353. The number of carbonyl (C=O) groups is 2. The van der Waals surface area contributed by atoms with Crippen LogP contribution in [-0.2, 0) is 13.7 Å². The summed E-state index contributed by atoms with van der Waals surface area (Å²) in [6, 6.07) is 5.70. The molecule has 0 atom stereocenters. The minimum atomic E-state index is -0.486. The lowest BCUT2D eigenvalue weighted by atomic mass is 9.95. The number of benzene rings is 1. The predicted molar refractivity (Wildman–Crippen MR) is 111 cm³/mol. The summed E-state index contributed by atoms with van der Waals surface area (Å²) in [7, 11) is 1.74. The van der Waals surface area contributed by atoms with Crippen LogP contribution in [0.15, 0.2) is 36.0 Å². The second-order valence-electron chi connectivity index (χ2n) is 7.06. The average molecular weight is 412 g/mol. The first-order valence-electron chi connectivity index (χ1n) is 9.65. The zero-order chi connectivity index (χ0) is 21.8. The number of fused-ring (bicyclic) bond motifs is 1. The quantitative estimate of drug-likeness (QED) is 0.367. The number of aromatic nitrogens is 1. The second kappa shape index (κ2) is 8.91. The number of nitrogens with zero attached hydrogens (tertiary/aromatic N) is 2. The molecule has 1 aliphatic carbocycles. The molecule has 0 amide bonds. The molecule has 3 rings (SSSR count). The van der Waals surface area contributed by atoms with Gasteiger partial charge in [0.05, 0.1) is 16.2 Å². The Morgan fingerprint density at radius 2 is 1.90 bits per heavy atom. The molecule has 0 fully saturated rings. The normalized spacial score (nSPS) is 13.1. The van der Waals surface area contributed by atoms with E-state index in [4.69, 9.17) is 10.5 Å². The molecule has 1 aliphatic rings. The number of non-ortho nitro benzene ring substituents is 1. The Morgan fingerprint density at radius 1 is 1.20 bits per heavy atom. The maximum Gasteiger partial charge on any atom is 0.269 e. The van der Waals surface area contributed by atoms with Gasteiger partial charge >= 0.3 is 0 Å². The highest BCUT2D eigenvalue weighted by atomic mass is 16.6. The van der Waals surface area contributed by atoms with Crippen LogP contribution in [0, 0.1) is 17.0 Å². The van der Waals surface area contributed by atoms with Gasteiger partial charge in [0.2, 0.25) is 11.6 Å². The van der Waals surface area contributed by atoms with Crippen molar-refractivity contribution in [2.24, 2.45) is 12.8 Å². The number of unbranched alkanes of at least 4 members (excludes halogenated alkanes) is 1. The first-order chi connectivity index (χ1) is 14.3. The maximum absolute atomic E-state index is 13.1. The van der Waals surface area contributed by atoms with Crippen LogP contribution >= 0.6 is 0 Å². The molecular weight excluding hydrogens is 388 g/mol. The molecule has 1 aromatic heterocycles. The Balaban J connectivity index is 1.83. The van der Waals surface area contributed by atoms with Crippen molar-refractivity contribution in [3.8, 4) is 5.75 Å². The molecular formula is C21H24N4O5. The van der Waals surface area contributed by atoms with E-state index < -0.39 is 4.92 Å². The number of allylic oxidation sites excluding steroid dienone is 2. The monoisotopic (exact) mass is 412 g/mol. The lowest BCUT2D eigenvalue weighted by molar-refractivity contribution is -0.384. The number of hydrogen-bond acceptors (Lipinski definition) is 7. The first-order valence-corrected chi connectivity index (χ1v) is 9.65. The van der Waals surface area contributed by atoms with Gasteiger partial charge in [-0.15, -0.1) is 0 Å². The summed E-state index contributed by atoms with van der Waals surface area (Å²) >= 11 is 0. The maximum atomic E-state index is 13.1. The molecule has 1 aromatic carbocycles. The molecule has 30 heavy (non-hydrogen) atoms. The molecule has 9 heteroatoms. The second-order valence-corrected chi connectivity index (χ2v) is 7.06. The van der Waals surface area contributed by atoms with E-state index in [1.807, 2.05) is 6.92 Å². The third-order valence-electron chi connectivity index (χ3n) is 5.17. The van der Waals surface area contributed by atoms with E-state index in [0.29, 0.717) is 35.7 Å². The average Bonchev–Trinajstić information content (AvgIpc) is 2.98. The summed E-state index contributed by atoms with van der Waals surface area (Å²) in [5, 5.41) is 13.8. The van der Waals surface area contributed by atoms with Crippen LogP contribution < -0.4 is 15.8 Å². The molecule has 0 spiro atoms. The molecule has 1 heterocycles. The van der Waals surface area contributed by atoms with Gasteiger partial charge in [-0.1, -0.05) is 0 Å². The van der Waals surface area contributed by atoms with Gasteiger partial charge in [0.1, 0.15) is 18.1 Å². The van der Waals surface area contributed by atoms with Crippen molar-refractivity contribution in [1.82, 2.24) is 9.88 Å². The molecule has 0 saturated heterocycles. The zero-order valence-electron chi connectivity index (χ0n) is 16.9. The fourth-order valence-electron chi connectivity index (χ4n) is 3.41. The lowest BCUT2D eigenvalue weighted by Crippen LogP contribution is -2.28. The minimum Gasteiger partial charge on any atom is -0.489 e. The number of nitro groups is 1. The highest BCUT2D eigenvalue weighted by Gasteiger charge is 2.33. The number of nitrogens with one attached hydrogen (secondary N) is 1. The Kier molecular flexibility index (Phi) is 6.31. The third kappa shape index (κ3) is 4.11. The third-order valence-corrected chi connectivity index (χ3v) is 5.17. The van der Waals surface area contributed by atoms with Crippen molar-refractivity contribution in [3.05, 3.63) is 68.7 Å². The van der Waals surface area contributed by atoms with Crippen LogP contribution in [0.1, 0.15) is 44.9 Å². The fraction of sp³-hybridized carbons (Fsp3) is 0.333. The van der Waals surface area contributed by atoms with E-state index in [2.05, 4.69) is 5.32 Å². The number of ether oxygens (including phenoxy) is 1. The van der Waals surface area contributed by atoms with Gasteiger partial charge in [0, 0.05) is 43.1 Å². The Labute approximate surface area is 173 Å². The van der Waals surface area contributed by atoms with Crippen molar-refractivity contribution >= 4 is 17.3 Å². The number of hydrogen-bond donors (Lipinski definition) is 2. The van der Waals surface area contributed by atoms with Gasteiger partial charge < -0.3 is 20.4 Å². The molecule has 0 radical (unpaired) electrons. The SMILES string of the molecule is Cc1c(COc2ccc([N+](=O)[O-])cc2)c2c(n1C)C(=O)C=C(NCCCCN)C2=O. The van der Waals surface area contributed by atoms with Crippen LogP contribution in [0.4, 0.5) is 5.69 Å². The van der Waals surface area contributed by atoms with Gasteiger partial charge in [-0.3, -0.25) is 19.7 Å². The van der Waals surface area contributed by atoms with Crippen molar-refractivity contribution < 1.29 is 19.2 Å². The summed E-state index contributed by atoms with van der Waals surface area (Å²) < 4.78 is 7.47. The van der Waals surface area contributed by atoms with Crippen LogP contribution in [0.25, 0.3) is 0 Å². The van der Waals surface area contributed by atoms with Crippen molar-refractivity contribution in [2.75, 3.05) is 13.1 Å². The number of Topliss-reactive ketones (excluding diaryl/α,β-unsaturated/α-hetero) is 1. The smallest absolute Gasteiger partial charge is 0.269 e. The highest BCUT2D eigenvalue weighted by molar-refractivity contribution is 6.24. The van der Waals surface area contributed by atoms with E-state index in [-0.39, 0.29) is 29.6 Å². The van der Waals surface area contributed by atoms with Crippen LogP contribution in [0.2, 0.25) is 0 Å². The Hall–Kier alpha value is -3.46. The Morgan fingerprint density at radius 3 is 2.53 bits per heavy atom. The zero-order valence-corrected chi connectivity index (χ0v) is 16.9. The number of rotatable bonds is 9. The summed E-state index contributed by atoms with van der Waals surface area (Å²) in [4.78, 5) is 36.1. The summed E-state index contributed by atoms with van der Waals surface area (Å²) in [5.74, 6) is -0.0516. The van der Waals surface area contributed by atoms with Gasteiger partial charge in [-0.2, -0.15) is 0 Å². The van der Waals surface area contributed by atoms with Gasteiger partial charge in [-0.05, 0) is 38.4 Å². The predicted octanol–water partition coefficient (Wildman–Crippen LogP) is 2.41. The Bertz CT molecular complexity index is 1020. The van der Waals surface area contributed by atoms with E-state index in [9.17, 15) is 19.7 Å². The molecule has 0 unspecified atom stereocenters. The molecule has 0 bridgehead atoms. The molecule has 2 aromatic rings. The van der Waals surface area contributed by atoms with E-state index in [1.165, 1.54) is 30.3 Å². The van der Waals surface area contributed by atoms with E-state index in [1.54, 1.807) is 11.6 Å². The van der Waals surface area contributed by atoms with Crippen LogP contribution in [0.3, 0.4) is 0 Å². The van der Waals surface area contributed by atoms with Crippen LogP contribution in [0.5, 0.6) is 5.75 Å². The summed E-state index contributed by atoms with van der Waals surface area (Å²) in [6.07, 6.45) is 2.96. The molecule has 9 nitrogen and oxygen atoms in total. The van der Waals surface area contributed by atoms with Gasteiger partial charge in [-0.25, -0.2) is 0 Å². The van der Waals surface area contributed by atoms with Crippen molar-refractivity contribution in [1.29, 1.82) is 0 Å². The molecule has 0 saturated carbocycles. The summed E-state index contributed by atoms with van der Waals surface area (Å²) in [6.45, 7) is 3.01. The molecule has 158 valence electrons. The molecule has 0 aliphatic heterocycles. The standard InChI is InChI=1S/C21H24N4O5/c1-13-16(12-30-15-7-5-14(6-8-15)25(28)29)19-20(24(13)2)18(26)11-17(21(19)27)23-10-4-3-9-22/h5-8,11,23H,3-4,9-10,12,22H2,1-2H3. The summed E-state index contributed by atoms with van der Waals surface area (Å²) in [5.41, 5.74) is 7.78. The van der Waals surface area contributed by atoms with Gasteiger partial charge in [0.25, 0.3) is 5.69 Å². The van der Waals surface area contributed by atoms with Crippen molar-refractivity contribution in [2.45, 2.75) is 26.4 Å². The highest BCUT2D eigenvalue weighted by Crippen LogP contribution is 2.30. The van der Waals surface area contributed by atoms with Gasteiger partial charge in [0.15, 0.2) is 0 Å². The largest absolute Gasteiger partial charge is 0.489 e. The molecule has 3 N–H and O–H groups in total. The van der Waals surface area contributed by atoms with Crippen LogP contribution in [-0.4, -0.2) is 34.1 Å². The lowest BCUT2D eigenvalue weighted by Gasteiger charge is -2.16. The number of ketones is 2. The fourth-order valence-corrected chi connectivity index (χ4v) is 3.41. The number of nitrogens with two attached hydrogens (primary N) is 1. The van der Waals surface area contributed by atoms with Crippen molar-refractivity contribution in [3.63, 3.8) is 0 Å². The topological polar surface area (TPSA) is 129 Å². The number of nitro benzene ring substituents is 1. The number of carbonyl (C=O) groups excluding carboxylic acids is 2. The van der Waals surface area contributed by atoms with E-state index in [0.717, 1.165) is 18.5 Å².